The predicted molar refractivity (Wildman–Crippen MR) is 75.8 cm³/mol. The number of hydrogen-bond acceptors (Lipinski definition) is 2. The van der Waals surface area contributed by atoms with Gasteiger partial charge in [0.2, 0.25) is 10.0 Å². The largest absolute Gasteiger partial charge is 0.247 e. The zero-order chi connectivity index (χ0) is 14.9. The Balaban J connectivity index is 2.41. The van der Waals surface area contributed by atoms with Crippen molar-refractivity contribution in [3.05, 3.63) is 28.2 Å². The number of benzene rings is 1. The molecule has 3 nitrogen and oxygen atoms in total. The maximum atomic E-state index is 13.9. The molecule has 2 rings (SSSR count). The number of sulfonamides is 1. The molecule has 112 valence electrons. The number of rotatable bonds is 6. The first kappa shape index (κ1) is 15.9. The van der Waals surface area contributed by atoms with Crippen LogP contribution in [0.25, 0.3) is 0 Å². The van der Waals surface area contributed by atoms with E-state index < -0.39 is 26.6 Å². The highest BCUT2D eigenvalue weighted by atomic mass is 79.9. The SMILES string of the molecule is CCCN(CC1CC1)S(=O)(=O)c1c(F)cc(F)cc1Br. The Kier molecular flexibility index (Phi) is 4.81. The summed E-state index contributed by atoms with van der Waals surface area (Å²) in [5, 5.41) is 0. The fourth-order valence-corrected chi connectivity index (χ4v) is 4.77. The summed E-state index contributed by atoms with van der Waals surface area (Å²) in [6, 6.07) is 1.57. The summed E-state index contributed by atoms with van der Waals surface area (Å²) in [5.74, 6) is -1.51. The minimum Gasteiger partial charge on any atom is -0.207 e. The smallest absolute Gasteiger partial charge is 0.207 e. The lowest BCUT2D eigenvalue weighted by Crippen LogP contribution is -2.34. The molecule has 7 heteroatoms. The molecule has 0 atom stereocenters. The van der Waals surface area contributed by atoms with Gasteiger partial charge in [-0.15, -0.1) is 0 Å². The molecule has 1 aliphatic carbocycles. The van der Waals surface area contributed by atoms with Gasteiger partial charge in [-0.25, -0.2) is 17.2 Å². The van der Waals surface area contributed by atoms with Crippen molar-refractivity contribution in [1.29, 1.82) is 0 Å². The number of halogens is 3. The van der Waals surface area contributed by atoms with Crippen molar-refractivity contribution in [2.45, 2.75) is 31.1 Å². The van der Waals surface area contributed by atoms with E-state index in [2.05, 4.69) is 15.9 Å². The van der Waals surface area contributed by atoms with E-state index in [0.29, 0.717) is 31.5 Å². The maximum absolute atomic E-state index is 13.9. The summed E-state index contributed by atoms with van der Waals surface area (Å²) in [4.78, 5) is -0.479. The highest BCUT2D eigenvalue weighted by Gasteiger charge is 2.34. The van der Waals surface area contributed by atoms with Crippen molar-refractivity contribution in [2.75, 3.05) is 13.1 Å². The van der Waals surface area contributed by atoms with Gasteiger partial charge in [-0.1, -0.05) is 6.92 Å². The van der Waals surface area contributed by atoms with Gasteiger partial charge in [-0.2, -0.15) is 4.31 Å². The van der Waals surface area contributed by atoms with Crippen LogP contribution >= 0.6 is 15.9 Å². The first-order chi connectivity index (χ1) is 9.36. The second-order valence-electron chi connectivity index (χ2n) is 5.00. The Labute approximate surface area is 126 Å². The number of nitrogens with zero attached hydrogens (tertiary/aromatic N) is 1. The number of hydrogen-bond donors (Lipinski definition) is 0. The van der Waals surface area contributed by atoms with E-state index in [0.717, 1.165) is 18.9 Å². The van der Waals surface area contributed by atoms with Crippen LogP contribution in [0.3, 0.4) is 0 Å². The lowest BCUT2D eigenvalue weighted by molar-refractivity contribution is 0.392. The van der Waals surface area contributed by atoms with Gasteiger partial charge in [0.05, 0.1) is 0 Å². The molecule has 1 aromatic carbocycles. The van der Waals surface area contributed by atoms with E-state index in [1.165, 1.54) is 4.31 Å². The quantitative estimate of drug-likeness (QED) is 0.770. The van der Waals surface area contributed by atoms with Crippen LogP contribution in [0.2, 0.25) is 0 Å². The molecular weight excluding hydrogens is 352 g/mol. The van der Waals surface area contributed by atoms with Crippen LogP contribution in [0.15, 0.2) is 21.5 Å². The van der Waals surface area contributed by atoms with Crippen molar-refractivity contribution in [3.8, 4) is 0 Å². The van der Waals surface area contributed by atoms with Crippen LogP contribution in [0.1, 0.15) is 26.2 Å². The third-order valence-electron chi connectivity index (χ3n) is 3.19. The summed E-state index contributed by atoms with van der Waals surface area (Å²) < 4.78 is 53.3. The van der Waals surface area contributed by atoms with E-state index in [9.17, 15) is 17.2 Å². The molecule has 0 bridgehead atoms. The summed E-state index contributed by atoms with van der Waals surface area (Å²) in [6.45, 7) is 2.60. The van der Waals surface area contributed by atoms with Gasteiger partial charge in [-0.05, 0) is 47.2 Å². The molecule has 0 saturated heterocycles. The van der Waals surface area contributed by atoms with Crippen molar-refractivity contribution < 1.29 is 17.2 Å². The van der Waals surface area contributed by atoms with E-state index in [1.807, 2.05) is 6.92 Å². The zero-order valence-corrected chi connectivity index (χ0v) is 13.5. The highest BCUT2D eigenvalue weighted by molar-refractivity contribution is 9.10. The molecule has 0 radical (unpaired) electrons. The topological polar surface area (TPSA) is 37.4 Å². The van der Waals surface area contributed by atoms with Gasteiger partial charge in [-0.3, -0.25) is 0 Å². The summed E-state index contributed by atoms with van der Waals surface area (Å²) in [5.41, 5.74) is 0. The van der Waals surface area contributed by atoms with Gasteiger partial charge < -0.3 is 0 Å². The van der Waals surface area contributed by atoms with Crippen LogP contribution in [-0.2, 0) is 10.0 Å². The molecule has 1 saturated carbocycles. The van der Waals surface area contributed by atoms with Crippen LogP contribution in [0.4, 0.5) is 8.78 Å². The molecule has 0 aliphatic heterocycles. The lowest BCUT2D eigenvalue weighted by Gasteiger charge is -2.22. The van der Waals surface area contributed by atoms with Crippen molar-refractivity contribution in [2.24, 2.45) is 5.92 Å². The standard InChI is InChI=1S/C13H16BrF2NO2S/c1-2-5-17(8-9-3-4-9)20(18,19)13-11(14)6-10(15)7-12(13)16/h6-7,9H,2-5,8H2,1H3. The molecule has 0 amide bonds. The molecule has 1 aromatic rings. The predicted octanol–water partition coefficient (Wildman–Crippen LogP) is 3.54. The fraction of sp³-hybridized carbons (Fsp3) is 0.538. The first-order valence-electron chi connectivity index (χ1n) is 6.51. The average Bonchev–Trinajstić information content (AvgIpc) is 3.10. The first-order valence-corrected chi connectivity index (χ1v) is 8.74. The Morgan fingerprint density at radius 3 is 2.50 bits per heavy atom. The minimum absolute atomic E-state index is 0.0769. The lowest BCUT2D eigenvalue weighted by atomic mass is 10.3. The second-order valence-corrected chi connectivity index (χ2v) is 7.73. The molecule has 0 aromatic heterocycles. The molecule has 0 N–H and O–H groups in total. The van der Waals surface area contributed by atoms with Crippen molar-refractivity contribution >= 4 is 26.0 Å². The average molecular weight is 368 g/mol. The van der Waals surface area contributed by atoms with Gasteiger partial charge >= 0.3 is 0 Å². The van der Waals surface area contributed by atoms with E-state index in [-0.39, 0.29) is 4.47 Å². The normalized spacial score (nSPS) is 15.8. The third-order valence-corrected chi connectivity index (χ3v) is 6.02. The van der Waals surface area contributed by atoms with Crippen LogP contribution < -0.4 is 0 Å². The van der Waals surface area contributed by atoms with Crippen LogP contribution in [0.5, 0.6) is 0 Å². The highest BCUT2D eigenvalue weighted by Crippen LogP contribution is 2.34. The molecule has 20 heavy (non-hydrogen) atoms. The molecular formula is C13H16BrF2NO2S. The molecule has 0 heterocycles. The van der Waals surface area contributed by atoms with E-state index in [4.69, 9.17) is 0 Å². The summed E-state index contributed by atoms with van der Waals surface area (Å²) >= 11 is 2.95. The fourth-order valence-electron chi connectivity index (χ4n) is 2.05. The van der Waals surface area contributed by atoms with Crippen molar-refractivity contribution in [1.82, 2.24) is 4.31 Å². The van der Waals surface area contributed by atoms with Gasteiger partial charge in [0.25, 0.3) is 0 Å². The van der Waals surface area contributed by atoms with Gasteiger partial charge in [0.1, 0.15) is 16.5 Å². The summed E-state index contributed by atoms with van der Waals surface area (Å²) in [6.07, 6.45) is 2.65. The zero-order valence-electron chi connectivity index (χ0n) is 11.1. The van der Waals surface area contributed by atoms with Crippen LogP contribution in [-0.4, -0.2) is 25.8 Å². The van der Waals surface area contributed by atoms with Crippen molar-refractivity contribution in [3.63, 3.8) is 0 Å². The molecule has 1 aliphatic rings. The Hall–Kier alpha value is -0.530. The third kappa shape index (κ3) is 3.38. The Morgan fingerprint density at radius 2 is 2.00 bits per heavy atom. The maximum Gasteiger partial charge on any atom is 0.247 e. The second kappa shape index (κ2) is 6.07. The summed E-state index contributed by atoms with van der Waals surface area (Å²) in [7, 11) is -3.95. The van der Waals surface area contributed by atoms with Crippen LogP contribution in [0, 0.1) is 17.6 Å². The Morgan fingerprint density at radius 1 is 1.35 bits per heavy atom. The molecule has 0 unspecified atom stereocenters. The van der Waals surface area contributed by atoms with E-state index >= 15 is 0 Å². The molecule has 0 spiro atoms. The molecule has 1 fully saturated rings. The van der Waals surface area contributed by atoms with E-state index in [1.54, 1.807) is 0 Å². The van der Waals surface area contributed by atoms with Gasteiger partial charge in [0, 0.05) is 23.6 Å². The monoisotopic (exact) mass is 367 g/mol. The minimum atomic E-state index is -3.95. The Bertz CT molecular complexity index is 579. The van der Waals surface area contributed by atoms with Gasteiger partial charge in [0.15, 0.2) is 0 Å².